The number of amides is 2. The Morgan fingerprint density at radius 1 is 1.33 bits per heavy atom. The highest BCUT2D eigenvalue weighted by Crippen LogP contribution is 2.19. The number of methoxy groups -OCH3 is 1. The molecule has 0 spiro atoms. The molecule has 0 radical (unpaired) electrons. The molecule has 1 aliphatic heterocycles. The van der Waals surface area contributed by atoms with Crippen LogP contribution in [0.25, 0.3) is 0 Å². The van der Waals surface area contributed by atoms with E-state index in [1.807, 2.05) is 31.0 Å². The molecule has 2 aromatic rings. The van der Waals surface area contributed by atoms with Crippen molar-refractivity contribution in [1.29, 1.82) is 0 Å². The van der Waals surface area contributed by atoms with Gasteiger partial charge in [-0.2, -0.15) is 0 Å². The standard InChI is InChI=1S/C21H28N6O3/c1-14-10-15(4-5-18(14)30-3)6-7-24-20(28)17-12-27(9-8-26(17)2)21(29)16-11-23-13-25-19(16)22/h4-5,10-11,13,17H,6-9,12H2,1-3H3,(H,24,28)(H2,22,23,25)/t17-/m0/s1. The Labute approximate surface area is 176 Å². The van der Waals surface area contributed by atoms with E-state index in [1.54, 1.807) is 12.0 Å². The molecule has 1 aromatic heterocycles. The smallest absolute Gasteiger partial charge is 0.259 e. The average molecular weight is 412 g/mol. The van der Waals surface area contributed by atoms with E-state index in [0.29, 0.717) is 26.1 Å². The molecular formula is C21H28N6O3. The van der Waals surface area contributed by atoms with Gasteiger partial charge in [-0.3, -0.25) is 14.5 Å². The molecule has 1 saturated heterocycles. The van der Waals surface area contributed by atoms with Crippen molar-refractivity contribution in [2.45, 2.75) is 19.4 Å². The number of carbonyl (C=O) groups is 2. The first-order valence-electron chi connectivity index (χ1n) is 9.87. The van der Waals surface area contributed by atoms with Crippen LogP contribution in [0.15, 0.2) is 30.7 Å². The molecule has 1 fully saturated rings. The number of nitrogen functional groups attached to an aromatic ring is 1. The lowest BCUT2D eigenvalue weighted by Crippen LogP contribution is -2.59. The van der Waals surface area contributed by atoms with Crippen LogP contribution in [0.4, 0.5) is 5.82 Å². The van der Waals surface area contributed by atoms with Crippen LogP contribution in [-0.2, 0) is 11.2 Å². The summed E-state index contributed by atoms with van der Waals surface area (Å²) < 4.78 is 5.28. The van der Waals surface area contributed by atoms with Crippen LogP contribution in [0.3, 0.4) is 0 Å². The fraction of sp³-hybridized carbons (Fsp3) is 0.429. The van der Waals surface area contributed by atoms with Gasteiger partial charge in [0, 0.05) is 32.4 Å². The minimum atomic E-state index is -0.425. The number of rotatable bonds is 6. The second-order valence-corrected chi connectivity index (χ2v) is 7.41. The SMILES string of the molecule is COc1ccc(CCNC(=O)[C@@H]2CN(C(=O)c3cncnc3N)CCN2C)cc1C. The van der Waals surface area contributed by atoms with Gasteiger partial charge in [-0.25, -0.2) is 9.97 Å². The number of nitrogens with two attached hydrogens (primary N) is 1. The van der Waals surface area contributed by atoms with Crippen LogP contribution >= 0.6 is 0 Å². The van der Waals surface area contributed by atoms with Gasteiger partial charge in [0.05, 0.1) is 12.7 Å². The molecule has 3 N–H and O–H groups in total. The number of anilines is 1. The highest BCUT2D eigenvalue weighted by molar-refractivity contribution is 5.98. The molecule has 1 aromatic carbocycles. The summed E-state index contributed by atoms with van der Waals surface area (Å²) in [5, 5.41) is 2.99. The molecule has 0 unspecified atom stereocenters. The molecule has 30 heavy (non-hydrogen) atoms. The van der Waals surface area contributed by atoms with Gasteiger partial charge in [0.1, 0.15) is 23.9 Å². The Morgan fingerprint density at radius 2 is 2.13 bits per heavy atom. The van der Waals surface area contributed by atoms with Crippen molar-refractivity contribution in [1.82, 2.24) is 25.1 Å². The van der Waals surface area contributed by atoms with Gasteiger partial charge in [-0.1, -0.05) is 12.1 Å². The lowest BCUT2D eigenvalue weighted by atomic mass is 10.1. The number of aromatic nitrogens is 2. The first kappa shape index (κ1) is 21.5. The van der Waals surface area contributed by atoms with Crippen LogP contribution in [0.2, 0.25) is 0 Å². The van der Waals surface area contributed by atoms with Gasteiger partial charge >= 0.3 is 0 Å². The second-order valence-electron chi connectivity index (χ2n) is 7.41. The lowest BCUT2D eigenvalue weighted by Gasteiger charge is -2.38. The van der Waals surface area contributed by atoms with Gasteiger partial charge < -0.3 is 20.7 Å². The highest BCUT2D eigenvalue weighted by Gasteiger charge is 2.33. The number of benzene rings is 1. The molecule has 3 rings (SSSR count). The summed E-state index contributed by atoms with van der Waals surface area (Å²) in [7, 11) is 3.54. The van der Waals surface area contributed by atoms with Gasteiger partial charge in [0.15, 0.2) is 0 Å². The molecule has 9 nitrogen and oxygen atoms in total. The zero-order valence-corrected chi connectivity index (χ0v) is 17.6. The van der Waals surface area contributed by atoms with E-state index in [0.717, 1.165) is 16.9 Å². The molecule has 160 valence electrons. The van der Waals surface area contributed by atoms with Crippen molar-refractivity contribution in [3.05, 3.63) is 47.4 Å². The summed E-state index contributed by atoms with van der Waals surface area (Å²) in [4.78, 5) is 36.9. The van der Waals surface area contributed by atoms with Crippen molar-refractivity contribution in [3.63, 3.8) is 0 Å². The largest absolute Gasteiger partial charge is 0.496 e. The summed E-state index contributed by atoms with van der Waals surface area (Å²) in [5.74, 6) is 0.635. The molecule has 2 amide bonds. The number of hydrogen-bond acceptors (Lipinski definition) is 7. The van der Waals surface area contributed by atoms with Crippen LogP contribution < -0.4 is 15.8 Å². The topological polar surface area (TPSA) is 114 Å². The zero-order chi connectivity index (χ0) is 21.7. The Hall–Kier alpha value is -3.20. The third-order valence-electron chi connectivity index (χ3n) is 5.38. The lowest BCUT2D eigenvalue weighted by molar-refractivity contribution is -0.127. The fourth-order valence-corrected chi connectivity index (χ4v) is 3.56. The maximum absolute atomic E-state index is 12.8. The van der Waals surface area contributed by atoms with E-state index < -0.39 is 6.04 Å². The fourth-order valence-electron chi connectivity index (χ4n) is 3.56. The summed E-state index contributed by atoms with van der Waals surface area (Å²) in [6.45, 7) is 3.90. The van der Waals surface area contributed by atoms with Crippen molar-refractivity contribution in [3.8, 4) is 5.75 Å². The summed E-state index contributed by atoms with van der Waals surface area (Å²) in [6.07, 6.45) is 3.43. The Balaban J connectivity index is 1.57. The Bertz CT molecular complexity index is 919. The number of nitrogens with zero attached hydrogens (tertiary/aromatic N) is 4. The first-order chi connectivity index (χ1) is 14.4. The number of aryl methyl sites for hydroxylation is 1. The van der Waals surface area contributed by atoms with E-state index in [-0.39, 0.29) is 29.7 Å². The normalized spacial score (nSPS) is 16.9. The maximum Gasteiger partial charge on any atom is 0.259 e. The van der Waals surface area contributed by atoms with Crippen LogP contribution in [-0.4, -0.2) is 78.0 Å². The van der Waals surface area contributed by atoms with Gasteiger partial charge in [-0.15, -0.1) is 0 Å². The van der Waals surface area contributed by atoms with Gasteiger partial charge in [0.25, 0.3) is 5.91 Å². The quantitative estimate of drug-likeness (QED) is 0.710. The molecule has 1 aliphatic rings. The number of ether oxygens (including phenoxy) is 1. The number of likely N-dealkylation sites (N-methyl/N-ethyl adjacent to an activating group) is 1. The third kappa shape index (κ3) is 4.85. The zero-order valence-electron chi connectivity index (χ0n) is 17.6. The maximum atomic E-state index is 12.8. The Kier molecular flexibility index (Phi) is 6.83. The predicted octanol–water partition coefficient (Wildman–Crippen LogP) is 0.491. The van der Waals surface area contributed by atoms with E-state index >= 15 is 0 Å². The first-order valence-corrected chi connectivity index (χ1v) is 9.87. The van der Waals surface area contributed by atoms with Crippen molar-refractivity contribution >= 4 is 17.6 Å². The number of piperazine rings is 1. The van der Waals surface area contributed by atoms with E-state index in [2.05, 4.69) is 21.4 Å². The molecule has 0 bridgehead atoms. The predicted molar refractivity (Wildman–Crippen MR) is 113 cm³/mol. The Morgan fingerprint density at radius 3 is 2.83 bits per heavy atom. The highest BCUT2D eigenvalue weighted by atomic mass is 16.5. The van der Waals surface area contributed by atoms with Crippen LogP contribution in [0.5, 0.6) is 5.75 Å². The van der Waals surface area contributed by atoms with E-state index in [4.69, 9.17) is 10.5 Å². The summed E-state index contributed by atoms with van der Waals surface area (Å²) >= 11 is 0. The minimum Gasteiger partial charge on any atom is -0.496 e. The number of nitrogens with one attached hydrogen (secondary N) is 1. The monoisotopic (exact) mass is 412 g/mol. The molecule has 0 saturated carbocycles. The molecular weight excluding hydrogens is 384 g/mol. The van der Waals surface area contributed by atoms with Crippen LogP contribution in [0.1, 0.15) is 21.5 Å². The van der Waals surface area contributed by atoms with Gasteiger partial charge in [-0.05, 0) is 37.6 Å². The van der Waals surface area contributed by atoms with Crippen molar-refractivity contribution in [2.24, 2.45) is 0 Å². The molecule has 9 heteroatoms. The average Bonchev–Trinajstić information content (AvgIpc) is 2.74. The summed E-state index contributed by atoms with van der Waals surface area (Å²) in [5.41, 5.74) is 8.25. The third-order valence-corrected chi connectivity index (χ3v) is 5.38. The molecule has 0 aliphatic carbocycles. The number of carbonyl (C=O) groups excluding carboxylic acids is 2. The van der Waals surface area contributed by atoms with E-state index in [1.165, 1.54) is 12.5 Å². The second kappa shape index (κ2) is 9.53. The van der Waals surface area contributed by atoms with Gasteiger partial charge in [0.2, 0.25) is 5.91 Å². The molecule has 2 heterocycles. The minimum absolute atomic E-state index is 0.0995. The number of hydrogen-bond donors (Lipinski definition) is 2. The molecule has 1 atom stereocenters. The van der Waals surface area contributed by atoms with Crippen LogP contribution in [0, 0.1) is 6.92 Å². The van der Waals surface area contributed by atoms with Crippen molar-refractivity contribution < 1.29 is 14.3 Å². The summed E-state index contributed by atoms with van der Waals surface area (Å²) in [6, 6.07) is 5.57. The van der Waals surface area contributed by atoms with E-state index in [9.17, 15) is 9.59 Å². The van der Waals surface area contributed by atoms with Crippen molar-refractivity contribution in [2.75, 3.05) is 46.1 Å².